The van der Waals surface area contributed by atoms with Crippen LogP contribution in [0.3, 0.4) is 0 Å². The molecule has 182 valence electrons. The zero-order valence-corrected chi connectivity index (χ0v) is 19.3. The maximum Gasteiger partial charge on any atom is 0.265 e. The van der Waals surface area contributed by atoms with Crippen LogP contribution >= 0.6 is 0 Å². The molecule has 3 heterocycles. The molecule has 8 heteroatoms. The number of hydrogen-bond donors (Lipinski definition) is 2. The molecule has 0 unspecified atom stereocenters. The fourth-order valence-corrected chi connectivity index (χ4v) is 5.34. The van der Waals surface area contributed by atoms with Crippen LogP contribution in [-0.4, -0.2) is 77.5 Å². The van der Waals surface area contributed by atoms with Crippen molar-refractivity contribution in [3.05, 3.63) is 18.2 Å². The summed E-state index contributed by atoms with van der Waals surface area (Å²) in [6, 6.07) is 5.63. The Morgan fingerprint density at radius 1 is 1.09 bits per heavy atom. The third-order valence-electron chi connectivity index (χ3n) is 7.48. The summed E-state index contributed by atoms with van der Waals surface area (Å²) in [7, 11) is 0. The number of piperidine rings is 1. The second-order valence-electron chi connectivity index (χ2n) is 9.99. The van der Waals surface area contributed by atoms with Crippen LogP contribution in [0.25, 0.3) is 11.0 Å². The Balaban J connectivity index is 1.17. The SMILES string of the molecule is O[C@H]1CCCC[C@H]1Oc1cccc2onc(OCC3CCN(CC4(O)CCOCC4)CC3)c12. The van der Waals surface area contributed by atoms with E-state index in [4.69, 9.17) is 18.7 Å². The Hall–Kier alpha value is -1.87. The van der Waals surface area contributed by atoms with Crippen molar-refractivity contribution in [3.63, 3.8) is 0 Å². The first-order valence-electron chi connectivity index (χ1n) is 12.5. The van der Waals surface area contributed by atoms with Crippen molar-refractivity contribution < 1.29 is 28.9 Å². The van der Waals surface area contributed by atoms with Gasteiger partial charge in [0.25, 0.3) is 5.88 Å². The van der Waals surface area contributed by atoms with Crippen LogP contribution in [0.15, 0.2) is 22.7 Å². The number of β-amino-alcohol motifs (C(OH)–C–C–N with tert-alkyl or cyclic N) is 1. The van der Waals surface area contributed by atoms with Crippen molar-refractivity contribution in [1.82, 2.24) is 10.1 Å². The molecular weight excluding hydrogens is 424 g/mol. The van der Waals surface area contributed by atoms with Gasteiger partial charge in [-0.2, -0.15) is 0 Å². The first-order chi connectivity index (χ1) is 16.1. The van der Waals surface area contributed by atoms with Gasteiger partial charge in [0.1, 0.15) is 17.2 Å². The average Bonchev–Trinajstić information content (AvgIpc) is 3.24. The molecule has 1 aromatic heterocycles. The van der Waals surface area contributed by atoms with E-state index in [0.29, 0.717) is 43.0 Å². The second-order valence-corrected chi connectivity index (χ2v) is 9.99. The van der Waals surface area contributed by atoms with Crippen LogP contribution in [0.5, 0.6) is 11.6 Å². The number of likely N-dealkylation sites (tertiary alicyclic amines) is 1. The molecule has 2 saturated heterocycles. The van der Waals surface area contributed by atoms with E-state index in [1.165, 1.54) is 0 Å². The summed E-state index contributed by atoms with van der Waals surface area (Å²) in [5.41, 5.74) is 0.0242. The van der Waals surface area contributed by atoms with E-state index in [-0.39, 0.29) is 6.10 Å². The van der Waals surface area contributed by atoms with Gasteiger partial charge in [-0.05, 0) is 68.4 Å². The minimum atomic E-state index is -0.608. The van der Waals surface area contributed by atoms with Gasteiger partial charge >= 0.3 is 0 Å². The molecule has 0 bridgehead atoms. The highest BCUT2D eigenvalue weighted by molar-refractivity contribution is 5.88. The second kappa shape index (κ2) is 10.2. The molecule has 3 fully saturated rings. The van der Waals surface area contributed by atoms with E-state index in [1.807, 2.05) is 18.2 Å². The number of fused-ring (bicyclic) bond motifs is 1. The zero-order valence-electron chi connectivity index (χ0n) is 19.3. The lowest BCUT2D eigenvalue weighted by Gasteiger charge is -2.39. The predicted molar refractivity (Wildman–Crippen MR) is 123 cm³/mol. The Kier molecular flexibility index (Phi) is 7.06. The summed E-state index contributed by atoms with van der Waals surface area (Å²) in [4.78, 5) is 2.37. The van der Waals surface area contributed by atoms with Crippen molar-refractivity contribution in [2.45, 2.75) is 69.2 Å². The smallest absolute Gasteiger partial charge is 0.265 e. The van der Waals surface area contributed by atoms with Gasteiger partial charge in [-0.25, -0.2) is 0 Å². The molecule has 0 amide bonds. The number of aliphatic hydroxyl groups is 2. The number of aliphatic hydroxyl groups excluding tert-OH is 1. The number of benzene rings is 1. The molecule has 2 aromatic rings. The van der Waals surface area contributed by atoms with E-state index in [1.54, 1.807) is 0 Å². The maximum atomic E-state index is 10.8. The molecule has 2 atom stereocenters. The Labute approximate surface area is 194 Å². The predicted octanol–water partition coefficient (Wildman–Crippen LogP) is 3.14. The number of hydrogen-bond acceptors (Lipinski definition) is 8. The standard InChI is InChI=1S/C25H36N2O6/c28-19-4-1-2-5-20(19)32-21-6-3-7-22-23(21)24(26-33-22)31-16-18-8-12-27(13-9-18)17-25(29)10-14-30-15-11-25/h3,6-7,18-20,28-29H,1-2,4-5,8-17H2/t19-,20+/m0/s1. The Bertz CT molecular complexity index is 903. The summed E-state index contributed by atoms with van der Waals surface area (Å²) in [6.45, 7) is 4.53. The summed E-state index contributed by atoms with van der Waals surface area (Å²) < 4.78 is 23.2. The summed E-state index contributed by atoms with van der Waals surface area (Å²) in [5, 5.41) is 26.0. The summed E-state index contributed by atoms with van der Waals surface area (Å²) in [6.07, 6.45) is 6.57. The van der Waals surface area contributed by atoms with Gasteiger partial charge in [0.05, 0.1) is 18.3 Å². The van der Waals surface area contributed by atoms with Crippen molar-refractivity contribution >= 4 is 11.0 Å². The molecule has 5 rings (SSSR count). The molecule has 1 aliphatic carbocycles. The highest BCUT2D eigenvalue weighted by atomic mass is 16.5. The van der Waals surface area contributed by atoms with E-state index in [2.05, 4.69) is 10.1 Å². The van der Waals surface area contributed by atoms with Gasteiger partial charge in [-0.3, -0.25) is 0 Å². The zero-order chi connectivity index (χ0) is 22.7. The molecule has 8 nitrogen and oxygen atoms in total. The van der Waals surface area contributed by atoms with Crippen LogP contribution in [0, 0.1) is 5.92 Å². The molecule has 3 aliphatic rings. The monoisotopic (exact) mass is 460 g/mol. The molecule has 0 spiro atoms. The molecule has 1 aromatic carbocycles. The normalized spacial score (nSPS) is 27.0. The summed E-state index contributed by atoms with van der Waals surface area (Å²) >= 11 is 0. The Morgan fingerprint density at radius 2 is 1.88 bits per heavy atom. The summed E-state index contributed by atoms with van der Waals surface area (Å²) in [5.74, 6) is 1.56. The maximum absolute atomic E-state index is 10.8. The molecule has 1 saturated carbocycles. The van der Waals surface area contributed by atoms with Gasteiger partial charge in [0.15, 0.2) is 5.58 Å². The fraction of sp³-hybridized carbons (Fsp3) is 0.720. The molecule has 2 N–H and O–H groups in total. The lowest BCUT2D eigenvalue weighted by molar-refractivity contribution is -0.0834. The molecule has 0 radical (unpaired) electrons. The molecule has 2 aliphatic heterocycles. The van der Waals surface area contributed by atoms with Gasteiger partial charge in [-0.1, -0.05) is 12.5 Å². The highest BCUT2D eigenvalue weighted by Crippen LogP contribution is 2.36. The van der Waals surface area contributed by atoms with Crippen molar-refractivity contribution in [2.24, 2.45) is 5.92 Å². The van der Waals surface area contributed by atoms with Gasteiger partial charge in [0, 0.05) is 32.6 Å². The number of ether oxygens (including phenoxy) is 3. The van der Waals surface area contributed by atoms with E-state index in [0.717, 1.165) is 76.4 Å². The van der Waals surface area contributed by atoms with Crippen molar-refractivity contribution in [3.8, 4) is 11.6 Å². The lowest BCUT2D eigenvalue weighted by Crippen LogP contribution is -2.49. The van der Waals surface area contributed by atoms with Crippen LogP contribution < -0.4 is 9.47 Å². The number of nitrogens with zero attached hydrogens (tertiary/aromatic N) is 2. The van der Waals surface area contributed by atoms with E-state index < -0.39 is 11.7 Å². The number of aromatic nitrogens is 1. The molecular formula is C25H36N2O6. The quantitative estimate of drug-likeness (QED) is 0.650. The van der Waals surface area contributed by atoms with Gasteiger partial charge in [-0.15, -0.1) is 0 Å². The van der Waals surface area contributed by atoms with Crippen LogP contribution in [0.2, 0.25) is 0 Å². The first kappa shape index (κ1) is 22.9. The van der Waals surface area contributed by atoms with E-state index in [9.17, 15) is 10.2 Å². The third kappa shape index (κ3) is 5.45. The lowest BCUT2D eigenvalue weighted by atomic mass is 9.91. The topological polar surface area (TPSA) is 97.4 Å². The minimum absolute atomic E-state index is 0.207. The van der Waals surface area contributed by atoms with Crippen molar-refractivity contribution in [2.75, 3.05) is 39.5 Å². The third-order valence-corrected chi connectivity index (χ3v) is 7.48. The fourth-order valence-electron chi connectivity index (χ4n) is 5.34. The van der Waals surface area contributed by atoms with E-state index >= 15 is 0 Å². The van der Waals surface area contributed by atoms with Gasteiger partial charge < -0.3 is 33.8 Å². The largest absolute Gasteiger partial charge is 0.487 e. The molecule has 33 heavy (non-hydrogen) atoms. The minimum Gasteiger partial charge on any atom is -0.487 e. The Morgan fingerprint density at radius 3 is 2.67 bits per heavy atom. The first-order valence-corrected chi connectivity index (χ1v) is 12.5. The average molecular weight is 461 g/mol. The van der Waals surface area contributed by atoms with Crippen LogP contribution in [0.4, 0.5) is 0 Å². The highest BCUT2D eigenvalue weighted by Gasteiger charge is 2.33. The van der Waals surface area contributed by atoms with Crippen molar-refractivity contribution in [1.29, 1.82) is 0 Å². The van der Waals surface area contributed by atoms with Gasteiger partial charge in [0.2, 0.25) is 0 Å². The van der Waals surface area contributed by atoms with Crippen LogP contribution in [0.1, 0.15) is 51.4 Å². The number of rotatable bonds is 7. The van der Waals surface area contributed by atoms with Crippen LogP contribution in [-0.2, 0) is 4.74 Å².